The zero-order valence-corrected chi connectivity index (χ0v) is 43.0. The van der Waals surface area contributed by atoms with Gasteiger partial charge in [-0.3, -0.25) is 0 Å². The van der Waals surface area contributed by atoms with Gasteiger partial charge in [0.05, 0.1) is 102 Å². The Bertz CT molecular complexity index is 2500. The van der Waals surface area contributed by atoms with Crippen LogP contribution in [0.5, 0.6) is 0 Å². The van der Waals surface area contributed by atoms with Gasteiger partial charge in [-0.15, -0.1) is 0 Å². The molecular formula is C32Cl4F28I4N4. The highest BCUT2D eigenvalue weighted by Crippen LogP contribution is 2.62. The fraction of sp³-hybridized carbons (Fsp3) is 0.375. The molecule has 0 aromatic rings. The van der Waals surface area contributed by atoms with Gasteiger partial charge >= 0.3 is 72.1 Å². The quantitative estimate of drug-likeness (QED) is 0.172. The molecule has 72 heavy (non-hydrogen) atoms. The molecule has 0 fully saturated rings. The van der Waals surface area contributed by atoms with E-state index in [0.29, 0.717) is 90.4 Å². The fourth-order valence-electron chi connectivity index (χ4n) is 5.97. The van der Waals surface area contributed by atoms with Gasteiger partial charge in [0, 0.05) is 0 Å². The number of hydrogen-bond acceptors (Lipinski definition) is 4. The predicted molar refractivity (Wildman–Crippen MR) is 229 cm³/mol. The number of hydrogen-bond donors (Lipinski definition) is 0. The summed E-state index contributed by atoms with van der Waals surface area (Å²) in [6, 6.07) is 0. The molecule has 5 rings (SSSR count). The van der Waals surface area contributed by atoms with Crippen molar-refractivity contribution in [2.45, 2.75) is 72.1 Å². The Labute approximate surface area is 450 Å². The molecule has 0 saturated carbocycles. The summed E-state index contributed by atoms with van der Waals surface area (Å²) in [6.07, 6.45) is -30.5. The third kappa shape index (κ3) is 8.66. The lowest BCUT2D eigenvalue weighted by molar-refractivity contribution is -0.343. The number of halogens is 36. The average molecular weight is 1620 g/mol. The van der Waals surface area contributed by atoms with E-state index in [1.165, 1.54) is 0 Å². The molecule has 5 heterocycles. The topological polar surface area (TPSA) is 49.4 Å². The lowest BCUT2D eigenvalue weighted by Gasteiger charge is -2.31. The second-order valence-corrected chi connectivity index (χ2v) is 19.7. The molecule has 40 heteroatoms. The normalized spacial score (nSPS) is 20.4. The Hall–Kier alpha value is -1.28. The zero-order chi connectivity index (χ0) is 56.4. The van der Waals surface area contributed by atoms with Gasteiger partial charge in [-0.1, -0.05) is 46.4 Å². The van der Waals surface area contributed by atoms with Crippen LogP contribution in [0.2, 0.25) is 0 Å². The number of aliphatic imine (C=N–C) groups is 4. The largest absolute Gasteiger partial charge is 0.460 e. The standard InChI is InChI=1S/C32Cl4F28I4N4/c33-5-6(34)14-2(22(39,40)26(47,48)30(56,57)58)19-11(67)12(68)20(72-19)4(24(43,44)28(51,52)32(62,63)64)16-8(36)7(35)15(70-16)3(23(41,42)27(49,50)31(59,60)61)18-10(66)9(65)17(71-18)1(13(5)69-14)21(37,38)25(45,46)29(53,54)55. The Morgan fingerprint density at radius 2 is 0.431 bits per heavy atom. The molecule has 5 aliphatic rings. The van der Waals surface area contributed by atoms with Crippen LogP contribution in [0, 0.1) is 0 Å². The highest BCUT2D eigenvalue weighted by Gasteiger charge is 2.80. The van der Waals surface area contributed by atoms with Gasteiger partial charge in [-0.2, -0.15) is 123 Å². The molecular weight excluding hydrogens is 1620 g/mol. The average Bonchev–Trinajstić information content (AvgIpc) is 3.84. The smallest absolute Gasteiger partial charge is 0.246 e. The summed E-state index contributed by atoms with van der Waals surface area (Å²) in [5, 5.41) is -9.56. The van der Waals surface area contributed by atoms with Gasteiger partial charge < -0.3 is 0 Å². The summed E-state index contributed by atoms with van der Waals surface area (Å²) in [5.41, 5.74) is -35.7. The molecule has 5 aliphatic heterocycles. The molecule has 0 spiro atoms. The first kappa shape index (κ1) is 61.6. The summed E-state index contributed by atoms with van der Waals surface area (Å²) in [5.74, 6) is -60.2. The van der Waals surface area contributed by atoms with Crippen LogP contribution < -0.4 is 0 Å². The van der Waals surface area contributed by atoms with Gasteiger partial charge in [-0.25, -0.2) is 20.0 Å². The molecule has 0 atom stereocenters. The SMILES string of the molecule is FC(F)(F)C(F)(F)C(F)(F)C1=C2N=C(C(Cl)=C2Cl)C(C(F)(F)C(F)(F)C(F)(F)F)=C2N=C(C(I)=C2I)C(C(F)(F)C(F)(F)C(F)(F)F)=C2N=C(C(Cl)=C2Cl)C(C(F)(F)C(F)(F)C(F)(F)F)=C2N=C1C(I)=C2I. The molecule has 0 unspecified atom stereocenters. The summed E-state index contributed by atoms with van der Waals surface area (Å²) in [7, 11) is 0. The van der Waals surface area contributed by atoms with Crippen LogP contribution in [-0.4, -0.2) is 94.9 Å². The summed E-state index contributed by atoms with van der Waals surface area (Å²) < 4.78 is 410. The number of fused-ring (bicyclic) bond motifs is 4. The minimum Gasteiger partial charge on any atom is -0.246 e. The molecule has 0 saturated heterocycles. The second-order valence-electron chi connectivity index (χ2n) is 13.8. The molecule has 0 aromatic heterocycles. The van der Waals surface area contributed by atoms with Crippen molar-refractivity contribution >= 4 is 160 Å². The maximum absolute atomic E-state index is 16.3. The van der Waals surface area contributed by atoms with E-state index in [9.17, 15) is 52.7 Å². The van der Waals surface area contributed by atoms with E-state index in [-0.39, 0.29) is 0 Å². The van der Waals surface area contributed by atoms with Crippen molar-refractivity contribution in [3.8, 4) is 0 Å². The van der Waals surface area contributed by atoms with Crippen molar-refractivity contribution in [2.24, 2.45) is 20.0 Å². The molecule has 0 N–H and O–H groups in total. The van der Waals surface area contributed by atoms with Gasteiger partial charge in [0.2, 0.25) is 0 Å². The number of alkyl halides is 28. The minimum atomic E-state index is -7.72. The van der Waals surface area contributed by atoms with E-state index in [4.69, 9.17) is 46.4 Å². The first-order valence-electron chi connectivity index (χ1n) is 16.6. The Balaban J connectivity index is 2.33. The van der Waals surface area contributed by atoms with Gasteiger partial charge in [0.15, 0.2) is 0 Å². The van der Waals surface area contributed by atoms with Crippen LogP contribution in [0.1, 0.15) is 0 Å². The van der Waals surface area contributed by atoms with E-state index in [2.05, 4.69) is 20.0 Å². The van der Waals surface area contributed by atoms with Crippen LogP contribution in [0.25, 0.3) is 0 Å². The molecule has 400 valence electrons. The third-order valence-electron chi connectivity index (χ3n) is 9.48. The van der Waals surface area contributed by atoms with E-state index < -0.39 is 174 Å². The Morgan fingerprint density at radius 1 is 0.250 bits per heavy atom. The summed E-state index contributed by atoms with van der Waals surface area (Å²) >= 11 is 24.5. The lowest BCUT2D eigenvalue weighted by atomic mass is 9.94. The van der Waals surface area contributed by atoms with Crippen molar-refractivity contribution in [3.05, 3.63) is 79.5 Å². The van der Waals surface area contributed by atoms with Crippen molar-refractivity contribution in [3.63, 3.8) is 0 Å². The number of nitrogens with zero attached hydrogens (tertiary/aromatic N) is 4. The highest BCUT2D eigenvalue weighted by atomic mass is 127. The molecule has 0 amide bonds. The number of rotatable bonds is 8. The molecule has 0 aromatic carbocycles. The van der Waals surface area contributed by atoms with Crippen LogP contribution in [-0.2, 0) is 0 Å². The fourth-order valence-corrected chi connectivity index (χ4v) is 9.46. The highest BCUT2D eigenvalue weighted by molar-refractivity contribution is 14.1. The summed E-state index contributed by atoms with van der Waals surface area (Å²) in [4.78, 5) is 10.8. The van der Waals surface area contributed by atoms with E-state index >= 15 is 70.2 Å². The van der Waals surface area contributed by atoms with Crippen LogP contribution in [0.15, 0.2) is 99.5 Å². The van der Waals surface area contributed by atoms with E-state index in [0.717, 1.165) is 0 Å². The van der Waals surface area contributed by atoms with E-state index in [1.54, 1.807) is 0 Å². The Morgan fingerprint density at radius 3 is 0.625 bits per heavy atom. The monoisotopic (exact) mass is 1620 g/mol. The van der Waals surface area contributed by atoms with Gasteiger partial charge in [0.25, 0.3) is 0 Å². The van der Waals surface area contributed by atoms with Crippen molar-refractivity contribution < 1.29 is 123 Å². The van der Waals surface area contributed by atoms with E-state index in [1.807, 2.05) is 0 Å². The van der Waals surface area contributed by atoms with Crippen LogP contribution >= 0.6 is 137 Å². The molecule has 0 aliphatic carbocycles. The van der Waals surface area contributed by atoms with Crippen LogP contribution in [0.4, 0.5) is 123 Å². The van der Waals surface area contributed by atoms with Crippen molar-refractivity contribution in [1.82, 2.24) is 0 Å². The maximum Gasteiger partial charge on any atom is 0.460 e. The van der Waals surface area contributed by atoms with Crippen molar-refractivity contribution in [1.29, 1.82) is 0 Å². The zero-order valence-electron chi connectivity index (χ0n) is 31.4. The summed E-state index contributed by atoms with van der Waals surface area (Å²) in [6.45, 7) is 0. The number of allylic oxidation sites excluding steroid dienone is 12. The molecule has 0 radical (unpaired) electrons. The van der Waals surface area contributed by atoms with Gasteiger partial charge in [0.1, 0.15) is 0 Å². The Kier molecular flexibility index (Phi) is 15.5. The van der Waals surface area contributed by atoms with Crippen LogP contribution in [0.3, 0.4) is 0 Å². The lowest BCUT2D eigenvalue weighted by Crippen LogP contribution is -2.54. The first-order chi connectivity index (χ1) is 31.7. The predicted octanol–water partition coefficient (Wildman–Crippen LogP) is 17.7. The van der Waals surface area contributed by atoms with Crippen molar-refractivity contribution in [2.75, 3.05) is 0 Å². The third-order valence-corrected chi connectivity index (χ3v) is 17.4. The minimum absolute atomic E-state index is 0.368. The molecule has 8 bridgehead atoms. The first-order valence-corrected chi connectivity index (χ1v) is 22.4. The van der Waals surface area contributed by atoms with Gasteiger partial charge in [-0.05, 0) is 90.4 Å². The molecule has 4 nitrogen and oxygen atoms in total. The second kappa shape index (κ2) is 18.1. The maximum atomic E-state index is 16.3.